The Balaban J connectivity index is 2.57. The van der Waals surface area contributed by atoms with Crippen molar-refractivity contribution in [3.05, 3.63) is 50.8 Å². The third-order valence-corrected chi connectivity index (χ3v) is 2.34. The van der Waals surface area contributed by atoms with Gasteiger partial charge >= 0.3 is 5.69 Å². The second kappa shape index (κ2) is 5.19. The molecule has 1 aromatic heterocycles. The van der Waals surface area contributed by atoms with Crippen LogP contribution in [0.25, 0.3) is 5.69 Å². The van der Waals surface area contributed by atoms with Gasteiger partial charge in [-0.2, -0.15) is 9.94 Å². The summed E-state index contributed by atoms with van der Waals surface area (Å²) in [5.74, 6) is -0.262. The molecule has 0 aliphatic heterocycles. The number of nitriles is 1. The average Bonchev–Trinajstić information content (AvgIpc) is 2.38. The van der Waals surface area contributed by atoms with Gasteiger partial charge < -0.3 is 5.32 Å². The number of carbonyl (C=O) groups excluding carboxylic acids is 1. The van der Waals surface area contributed by atoms with Gasteiger partial charge in [0, 0.05) is 12.6 Å². The summed E-state index contributed by atoms with van der Waals surface area (Å²) in [6.45, 7) is 1.35. The molecule has 0 spiro atoms. The van der Waals surface area contributed by atoms with Crippen molar-refractivity contribution in [1.82, 2.24) is 14.8 Å². The molecule has 8 nitrogen and oxygen atoms in total. The molecule has 20 heavy (non-hydrogen) atoms. The van der Waals surface area contributed by atoms with Gasteiger partial charge in [0.1, 0.15) is 6.07 Å². The van der Waals surface area contributed by atoms with Gasteiger partial charge in [0.25, 0.3) is 5.56 Å². The molecule has 0 radical (unpaired) electrons. The van der Waals surface area contributed by atoms with E-state index in [-0.39, 0.29) is 5.91 Å². The molecule has 0 bridgehead atoms. The topological polar surface area (TPSA) is 121 Å². The lowest BCUT2D eigenvalue weighted by Gasteiger charge is -2.06. The normalized spacial score (nSPS) is 9.80. The molecule has 0 aliphatic rings. The maximum absolute atomic E-state index is 11.7. The highest BCUT2D eigenvalue weighted by Gasteiger charge is 2.08. The molecule has 2 aromatic rings. The van der Waals surface area contributed by atoms with Crippen LogP contribution in [0.5, 0.6) is 0 Å². The second-order valence-corrected chi connectivity index (χ2v) is 3.86. The van der Waals surface area contributed by atoms with E-state index in [9.17, 15) is 14.4 Å². The Bertz CT molecular complexity index is 828. The summed E-state index contributed by atoms with van der Waals surface area (Å²) in [4.78, 5) is 35.9. The molecule has 2 rings (SSSR count). The lowest BCUT2D eigenvalue weighted by atomic mass is 10.3. The Kier molecular flexibility index (Phi) is 3.43. The fourth-order valence-electron chi connectivity index (χ4n) is 1.57. The fraction of sp³-hybridized carbons (Fsp3) is 0.0833. The van der Waals surface area contributed by atoms with E-state index in [1.165, 1.54) is 13.0 Å². The first-order valence-electron chi connectivity index (χ1n) is 5.53. The summed E-state index contributed by atoms with van der Waals surface area (Å²) in [6, 6.07) is 7.88. The number of carbonyl (C=O) groups is 1. The molecule has 0 saturated carbocycles. The molecule has 0 fully saturated rings. The number of hydrogen-bond acceptors (Lipinski definition) is 5. The molecule has 0 aliphatic carbocycles. The number of H-pyrrole nitrogens is 1. The number of benzene rings is 1. The summed E-state index contributed by atoms with van der Waals surface area (Å²) in [5, 5.41) is 15.0. The largest absolute Gasteiger partial charge is 0.349 e. The van der Waals surface area contributed by atoms with Crippen molar-refractivity contribution >= 4 is 11.6 Å². The van der Waals surface area contributed by atoms with Crippen LogP contribution in [0.1, 0.15) is 12.6 Å². The molecule has 1 heterocycles. The van der Waals surface area contributed by atoms with Crippen LogP contribution < -0.4 is 16.6 Å². The Morgan fingerprint density at radius 2 is 2.20 bits per heavy atom. The average molecular weight is 271 g/mol. The number of amides is 1. The van der Waals surface area contributed by atoms with E-state index in [1.54, 1.807) is 24.3 Å². The van der Waals surface area contributed by atoms with Crippen LogP contribution >= 0.6 is 0 Å². The Labute approximate surface area is 112 Å². The molecule has 2 N–H and O–H groups in total. The van der Waals surface area contributed by atoms with Gasteiger partial charge in [-0.15, -0.1) is 5.10 Å². The first-order chi connectivity index (χ1) is 9.51. The number of nitrogens with one attached hydrogen (secondary N) is 2. The van der Waals surface area contributed by atoms with Crippen molar-refractivity contribution in [1.29, 1.82) is 5.26 Å². The van der Waals surface area contributed by atoms with Gasteiger partial charge in [0.05, 0.1) is 5.69 Å². The van der Waals surface area contributed by atoms with Crippen molar-refractivity contribution in [2.24, 2.45) is 0 Å². The molecular formula is C12H9N5O3. The first-order valence-corrected chi connectivity index (χ1v) is 5.53. The number of hydrogen-bond donors (Lipinski definition) is 2. The van der Waals surface area contributed by atoms with Gasteiger partial charge in [-0.05, 0) is 18.2 Å². The number of anilines is 1. The predicted octanol–water partition coefficient (Wildman–Crippen LogP) is -0.249. The van der Waals surface area contributed by atoms with Crippen molar-refractivity contribution < 1.29 is 4.79 Å². The van der Waals surface area contributed by atoms with Crippen molar-refractivity contribution in [2.75, 3.05) is 5.32 Å². The minimum absolute atomic E-state index is 0.262. The maximum Gasteiger partial charge on any atom is 0.349 e. The standard InChI is InChI=1S/C12H9N5O3/c1-7(18)14-8-3-2-4-9(5-8)17-12(20)15-11(19)10(6-13)16-17/h2-5H,1H3,(H,14,18)(H,15,19,20). The third kappa shape index (κ3) is 2.62. The van der Waals surface area contributed by atoms with Crippen LogP contribution in [0.4, 0.5) is 5.69 Å². The molecule has 1 aromatic carbocycles. The van der Waals surface area contributed by atoms with Crippen molar-refractivity contribution in [2.45, 2.75) is 6.92 Å². The van der Waals surface area contributed by atoms with Crippen LogP contribution in [0, 0.1) is 11.3 Å². The lowest BCUT2D eigenvalue weighted by Crippen LogP contribution is -2.33. The van der Waals surface area contributed by atoms with Crippen LogP contribution in [-0.4, -0.2) is 20.7 Å². The van der Waals surface area contributed by atoms with Crippen LogP contribution in [0.15, 0.2) is 33.9 Å². The number of aromatic nitrogens is 3. The first kappa shape index (κ1) is 13.2. The van der Waals surface area contributed by atoms with Gasteiger partial charge in [0.2, 0.25) is 11.6 Å². The summed E-state index contributed by atoms with van der Waals surface area (Å²) in [5.41, 5.74) is -1.25. The molecule has 8 heteroatoms. The minimum Gasteiger partial charge on any atom is -0.326 e. The maximum atomic E-state index is 11.7. The van der Waals surface area contributed by atoms with E-state index in [1.807, 2.05) is 4.98 Å². The number of nitrogens with zero attached hydrogens (tertiary/aromatic N) is 3. The highest BCUT2D eigenvalue weighted by molar-refractivity contribution is 5.88. The molecule has 0 unspecified atom stereocenters. The number of rotatable bonds is 2. The van der Waals surface area contributed by atoms with E-state index < -0.39 is 16.9 Å². The lowest BCUT2D eigenvalue weighted by molar-refractivity contribution is -0.114. The zero-order valence-corrected chi connectivity index (χ0v) is 10.4. The Morgan fingerprint density at radius 3 is 2.85 bits per heavy atom. The number of aromatic amines is 1. The van der Waals surface area contributed by atoms with Crippen molar-refractivity contribution in [3.63, 3.8) is 0 Å². The van der Waals surface area contributed by atoms with Gasteiger partial charge in [-0.25, -0.2) is 4.79 Å². The van der Waals surface area contributed by atoms with E-state index >= 15 is 0 Å². The van der Waals surface area contributed by atoms with Gasteiger partial charge in [-0.1, -0.05) is 6.07 Å². The highest BCUT2D eigenvalue weighted by atomic mass is 16.2. The second-order valence-electron chi connectivity index (χ2n) is 3.86. The Morgan fingerprint density at radius 1 is 1.45 bits per heavy atom. The molecular weight excluding hydrogens is 262 g/mol. The summed E-state index contributed by atoms with van der Waals surface area (Å²) in [6.07, 6.45) is 0. The highest BCUT2D eigenvalue weighted by Crippen LogP contribution is 2.12. The van der Waals surface area contributed by atoms with E-state index in [4.69, 9.17) is 5.26 Å². The summed E-state index contributed by atoms with van der Waals surface area (Å²) in [7, 11) is 0. The SMILES string of the molecule is CC(=O)Nc1cccc(-n2nc(C#N)c(=O)[nH]c2=O)c1. The Hall–Kier alpha value is -3.21. The molecule has 0 saturated heterocycles. The van der Waals surface area contributed by atoms with Gasteiger partial charge in [-0.3, -0.25) is 14.6 Å². The van der Waals surface area contributed by atoms with Crippen LogP contribution in [-0.2, 0) is 4.79 Å². The van der Waals surface area contributed by atoms with Gasteiger partial charge in [0.15, 0.2) is 0 Å². The van der Waals surface area contributed by atoms with Crippen LogP contribution in [0.2, 0.25) is 0 Å². The summed E-state index contributed by atoms with van der Waals surface area (Å²) >= 11 is 0. The summed E-state index contributed by atoms with van der Waals surface area (Å²) < 4.78 is 0.880. The van der Waals surface area contributed by atoms with E-state index in [0.29, 0.717) is 11.4 Å². The van der Waals surface area contributed by atoms with Crippen molar-refractivity contribution in [3.8, 4) is 11.8 Å². The van der Waals surface area contributed by atoms with E-state index in [0.717, 1.165) is 4.68 Å². The quantitative estimate of drug-likeness (QED) is 0.780. The molecule has 1 amide bonds. The zero-order valence-electron chi connectivity index (χ0n) is 10.4. The predicted molar refractivity (Wildman–Crippen MR) is 69.5 cm³/mol. The minimum atomic E-state index is -0.841. The third-order valence-electron chi connectivity index (χ3n) is 2.34. The van der Waals surface area contributed by atoms with Crippen LogP contribution in [0.3, 0.4) is 0 Å². The van der Waals surface area contributed by atoms with E-state index in [2.05, 4.69) is 10.4 Å². The molecule has 100 valence electrons. The molecule has 0 atom stereocenters. The smallest absolute Gasteiger partial charge is 0.326 e. The fourth-order valence-corrected chi connectivity index (χ4v) is 1.57. The monoisotopic (exact) mass is 271 g/mol. The zero-order chi connectivity index (χ0) is 14.7.